The number of aryl methyl sites for hydroxylation is 1. The molecule has 0 fully saturated rings. The Bertz CT molecular complexity index is 609. The minimum Gasteiger partial charge on any atom is -0.275 e. The predicted octanol–water partition coefficient (Wildman–Crippen LogP) is 2.70. The molecule has 0 radical (unpaired) electrons. The highest BCUT2D eigenvalue weighted by atomic mass is 32.1. The average molecular weight is 215 g/mol. The highest BCUT2D eigenvalue weighted by molar-refractivity contribution is 7.17. The second kappa shape index (κ2) is 3.17. The zero-order chi connectivity index (χ0) is 10.3. The zero-order valence-electron chi connectivity index (χ0n) is 8.21. The molecule has 0 N–H and O–H groups in total. The molecule has 0 unspecified atom stereocenters. The van der Waals surface area contributed by atoms with Gasteiger partial charge in [-0.05, 0) is 11.4 Å². The Hall–Kier alpha value is -1.68. The Labute approximate surface area is 91.0 Å². The summed E-state index contributed by atoms with van der Waals surface area (Å²) >= 11 is 1.71. The third kappa shape index (κ3) is 1.34. The molecule has 0 aliphatic rings. The number of thiophene rings is 1. The third-order valence-corrected chi connectivity index (χ3v) is 3.25. The van der Waals surface area contributed by atoms with Gasteiger partial charge in [0, 0.05) is 42.2 Å². The van der Waals surface area contributed by atoms with Gasteiger partial charge in [-0.2, -0.15) is 5.10 Å². The largest absolute Gasteiger partial charge is 0.275 e. The van der Waals surface area contributed by atoms with Crippen molar-refractivity contribution in [2.75, 3.05) is 0 Å². The van der Waals surface area contributed by atoms with Crippen LogP contribution in [-0.4, -0.2) is 14.8 Å². The standard InChI is InChI=1S/C11H9N3S/c1-14-7-8(4-13-14)10-5-12-6-11-9(10)2-3-15-11/h2-7H,1H3. The molecule has 3 heterocycles. The first-order chi connectivity index (χ1) is 7.34. The van der Waals surface area contributed by atoms with Crippen LogP contribution in [0.2, 0.25) is 0 Å². The summed E-state index contributed by atoms with van der Waals surface area (Å²) in [7, 11) is 1.92. The van der Waals surface area contributed by atoms with E-state index in [0.717, 1.165) is 11.1 Å². The van der Waals surface area contributed by atoms with Crippen LogP contribution in [0.25, 0.3) is 21.2 Å². The van der Waals surface area contributed by atoms with Crippen LogP contribution in [0.4, 0.5) is 0 Å². The SMILES string of the molecule is Cn1cc(-c2cncc3sccc23)cn1. The van der Waals surface area contributed by atoms with E-state index in [0.29, 0.717) is 0 Å². The molecular weight excluding hydrogens is 206 g/mol. The van der Waals surface area contributed by atoms with Crippen molar-refractivity contribution in [3.63, 3.8) is 0 Å². The Morgan fingerprint density at radius 3 is 3.00 bits per heavy atom. The lowest BCUT2D eigenvalue weighted by atomic mass is 10.1. The Balaban J connectivity index is 2.30. The highest BCUT2D eigenvalue weighted by Crippen LogP contribution is 2.30. The van der Waals surface area contributed by atoms with Gasteiger partial charge in [-0.1, -0.05) is 0 Å². The first-order valence-corrected chi connectivity index (χ1v) is 5.53. The van der Waals surface area contributed by atoms with Gasteiger partial charge in [0.2, 0.25) is 0 Å². The zero-order valence-corrected chi connectivity index (χ0v) is 9.03. The van der Waals surface area contributed by atoms with Gasteiger partial charge in [-0.15, -0.1) is 11.3 Å². The molecule has 0 aromatic carbocycles. The fraction of sp³-hybridized carbons (Fsp3) is 0.0909. The minimum atomic E-state index is 1.12. The topological polar surface area (TPSA) is 30.7 Å². The smallest absolute Gasteiger partial charge is 0.0568 e. The second-order valence-electron chi connectivity index (χ2n) is 3.42. The number of nitrogens with zero attached hydrogens (tertiary/aromatic N) is 3. The fourth-order valence-corrected chi connectivity index (χ4v) is 2.46. The number of pyridine rings is 1. The van der Waals surface area contributed by atoms with Gasteiger partial charge in [0.25, 0.3) is 0 Å². The molecule has 3 aromatic heterocycles. The van der Waals surface area contributed by atoms with Crippen molar-refractivity contribution in [1.82, 2.24) is 14.8 Å². The van der Waals surface area contributed by atoms with Crippen LogP contribution in [0.1, 0.15) is 0 Å². The summed E-state index contributed by atoms with van der Waals surface area (Å²) in [5, 5.41) is 7.52. The number of rotatable bonds is 1. The summed E-state index contributed by atoms with van der Waals surface area (Å²) in [5.41, 5.74) is 2.27. The van der Waals surface area contributed by atoms with Crippen molar-refractivity contribution in [1.29, 1.82) is 0 Å². The predicted molar refractivity (Wildman–Crippen MR) is 61.8 cm³/mol. The maximum Gasteiger partial charge on any atom is 0.0568 e. The molecule has 74 valence electrons. The number of hydrogen-bond acceptors (Lipinski definition) is 3. The molecule has 0 amide bonds. The first-order valence-electron chi connectivity index (χ1n) is 4.65. The Morgan fingerprint density at radius 1 is 1.27 bits per heavy atom. The van der Waals surface area contributed by atoms with E-state index in [1.165, 1.54) is 10.1 Å². The van der Waals surface area contributed by atoms with Gasteiger partial charge in [-0.3, -0.25) is 9.67 Å². The van der Waals surface area contributed by atoms with E-state index in [9.17, 15) is 0 Å². The van der Waals surface area contributed by atoms with Gasteiger partial charge >= 0.3 is 0 Å². The normalized spacial score (nSPS) is 11.0. The molecule has 0 bridgehead atoms. The molecule has 15 heavy (non-hydrogen) atoms. The van der Waals surface area contributed by atoms with Crippen LogP contribution < -0.4 is 0 Å². The van der Waals surface area contributed by atoms with Crippen LogP contribution in [-0.2, 0) is 7.05 Å². The monoisotopic (exact) mass is 215 g/mol. The summed E-state index contributed by atoms with van der Waals surface area (Å²) in [6, 6.07) is 2.13. The second-order valence-corrected chi connectivity index (χ2v) is 4.37. The van der Waals surface area contributed by atoms with E-state index in [4.69, 9.17) is 0 Å². The molecule has 0 aliphatic heterocycles. The van der Waals surface area contributed by atoms with Crippen molar-refractivity contribution in [2.45, 2.75) is 0 Å². The lowest BCUT2D eigenvalue weighted by Gasteiger charge is -1.98. The molecule has 4 heteroatoms. The van der Waals surface area contributed by atoms with Crippen molar-refractivity contribution < 1.29 is 0 Å². The van der Waals surface area contributed by atoms with Crippen LogP contribution in [0.5, 0.6) is 0 Å². The van der Waals surface area contributed by atoms with Gasteiger partial charge in [0.15, 0.2) is 0 Å². The van der Waals surface area contributed by atoms with Crippen LogP contribution in [0, 0.1) is 0 Å². The van der Waals surface area contributed by atoms with E-state index in [2.05, 4.69) is 21.5 Å². The van der Waals surface area contributed by atoms with E-state index in [1.54, 1.807) is 16.0 Å². The number of fused-ring (bicyclic) bond motifs is 1. The molecule has 0 saturated heterocycles. The summed E-state index contributed by atoms with van der Waals surface area (Å²) in [5.74, 6) is 0. The lowest BCUT2D eigenvalue weighted by molar-refractivity contribution is 0.768. The quantitative estimate of drug-likeness (QED) is 0.625. The van der Waals surface area contributed by atoms with E-state index >= 15 is 0 Å². The van der Waals surface area contributed by atoms with Crippen LogP contribution in [0.15, 0.2) is 36.2 Å². The van der Waals surface area contributed by atoms with E-state index in [-0.39, 0.29) is 0 Å². The summed E-state index contributed by atoms with van der Waals surface area (Å²) in [6.07, 6.45) is 7.67. The van der Waals surface area contributed by atoms with Crippen molar-refractivity contribution in [2.24, 2.45) is 7.05 Å². The third-order valence-electron chi connectivity index (χ3n) is 2.40. The van der Waals surface area contributed by atoms with Gasteiger partial charge in [0.1, 0.15) is 0 Å². The molecule has 0 atom stereocenters. The molecular formula is C11H9N3S. The van der Waals surface area contributed by atoms with E-state index in [1.807, 2.05) is 31.8 Å². The fourth-order valence-electron chi connectivity index (χ4n) is 1.68. The van der Waals surface area contributed by atoms with Gasteiger partial charge in [0.05, 0.1) is 10.9 Å². The average Bonchev–Trinajstić information content (AvgIpc) is 2.84. The maximum atomic E-state index is 4.24. The maximum absolute atomic E-state index is 4.24. The Kier molecular flexibility index (Phi) is 1.82. The molecule has 3 nitrogen and oxygen atoms in total. The minimum absolute atomic E-state index is 1.12. The van der Waals surface area contributed by atoms with Crippen molar-refractivity contribution in [3.8, 4) is 11.1 Å². The van der Waals surface area contributed by atoms with Crippen molar-refractivity contribution in [3.05, 3.63) is 36.2 Å². The number of hydrogen-bond donors (Lipinski definition) is 0. The molecule has 3 aromatic rings. The van der Waals surface area contributed by atoms with Crippen molar-refractivity contribution >= 4 is 21.4 Å². The number of aromatic nitrogens is 3. The highest BCUT2D eigenvalue weighted by Gasteiger charge is 2.06. The van der Waals surface area contributed by atoms with Crippen LogP contribution >= 0.6 is 11.3 Å². The summed E-state index contributed by atoms with van der Waals surface area (Å²) in [4.78, 5) is 4.24. The lowest BCUT2D eigenvalue weighted by Crippen LogP contribution is -1.84. The first kappa shape index (κ1) is 8.61. The molecule has 0 saturated carbocycles. The Morgan fingerprint density at radius 2 is 2.20 bits per heavy atom. The summed E-state index contributed by atoms with van der Waals surface area (Å²) < 4.78 is 3.02. The summed E-state index contributed by atoms with van der Waals surface area (Å²) in [6.45, 7) is 0. The van der Waals surface area contributed by atoms with Crippen LogP contribution in [0.3, 0.4) is 0 Å². The molecule has 0 aliphatic carbocycles. The van der Waals surface area contributed by atoms with E-state index < -0.39 is 0 Å². The molecule has 0 spiro atoms. The van der Waals surface area contributed by atoms with Gasteiger partial charge < -0.3 is 0 Å². The molecule has 3 rings (SSSR count). The van der Waals surface area contributed by atoms with Gasteiger partial charge in [-0.25, -0.2) is 0 Å².